The maximum atomic E-state index is 13.5. The van der Waals surface area contributed by atoms with Crippen LogP contribution in [-0.4, -0.2) is 25.2 Å². The van der Waals surface area contributed by atoms with Crippen LogP contribution in [0.25, 0.3) is 11.3 Å². The number of thiazole rings is 1. The fourth-order valence-corrected chi connectivity index (χ4v) is 3.45. The van der Waals surface area contributed by atoms with Gasteiger partial charge in [-0.2, -0.15) is 0 Å². The van der Waals surface area contributed by atoms with Gasteiger partial charge < -0.3 is 9.64 Å². The highest BCUT2D eigenvalue weighted by molar-refractivity contribution is 7.14. The van der Waals surface area contributed by atoms with E-state index in [2.05, 4.69) is 4.90 Å². The Morgan fingerprint density at radius 1 is 1.20 bits per heavy atom. The van der Waals surface area contributed by atoms with Gasteiger partial charge in [0.05, 0.1) is 12.3 Å². The molecule has 0 atom stereocenters. The van der Waals surface area contributed by atoms with Gasteiger partial charge >= 0.3 is 0 Å². The average Bonchev–Trinajstić information content (AvgIpc) is 3.09. The van der Waals surface area contributed by atoms with Gasteiger partial charge in [-0.25, -0.2) is 9.37 Å². The summed E-state index contributed by atoms with van der Waals surface area (Å²) in [5.41, 5.74) is 2.82. The molecule has 0 unspecified atom stereocenters. The lowest BCUT2D eigenvalue weighted by molar-refractivity contribution is 0.205. The van der Waals surface area contributed by atoms with Crippen LogP contribution in [-0.2, 0) is 11.3 Å². The fourth-order valence-electron chi connectivity index (χ4n) is 2.46. The molecule has 0 spiro atoms. The van der Waals surface area contributed by atoms with Crippen molar-refractivity contribution in [2.24, 2.45) is 0 Å². The topological polar surface area (TPSA) is 25.4 Å². The smallest absolute Gasteiger partial charge is 0.186 e. The first-order valence-electron chi connectivity index (χ1n) is 7.85. The van der Waals surface area contributed by atoms with E-state index in [4.69, 9.17) is 21.3 Å². The summed E-state index contributed by atoms with van der Waals surface area (Å²) in [6.45, 7) is 1.83. The number of anilines is 1. The second-order valence-electron chi connectivity index (χ2n) is 5.57. The van der Waals surface area contributed by atoms with Crippen molar-refractivity contribution in [1.29, 1.82) is 0 Å². The van der Waals surface area contributed by atoms with Crippen molar-refractivity contribution in [2.75, 3.05) is 25.2 Å². The number of rotatable bonds is 7. The van der Waals surface area contributed by atoms with E-state index in [0.29, 0.717) is 24.7 Å². The monoisotopic (exact) mass is 376 g/mol. The Balaban J connectivity index is 1.82. The van der Waals surface area contributed by atoms with Gasteiger partial charge in [0.15, 0.2) is 5.13 Å². The molecule has 0 saturated heterocycles. The first-order valence-corrected chi connectivity index (χ1v) is 9.11. The summed E-state index contributed by atoms with van der Waals surface area (Å²) in [5, 5.41) is 3.60. The molecule has 0 amide bonds. The Labute approximate surface area is 155 Å². The highest BCUT2D eigenvalue weighted by atomic mass is 35.5. The number of ether oxygens (including phenoxy) is 1. The molecule has 0 N–H and O–H groups in total. The molecule has 2 aromatic carbocycles. The van der Waals surface area contributed by atoms with Crippen LogP contribution in [0.5, 0.6) is 0 Å². The normalized spacial score (nSPS) is 10.8. The lowest BCUT2D eigenvalue weighted by atomic mass is 10.2. The van der Waals surface area contributed by atoms with Crippen molar-refractivity contribution in [1.82, 2.24) is 4.98 Å². The summed E-state index contributed by atoms with van der Waals surface area (Å²) in [7, 11) is 1.67. The largest absolute Gasteiger partial charge is 0.383 e. The maximum absolute atomic E-state index is 13.5. The molecule has 0 saturated carbocycles. The number of benzene rings is 2. The van der Waals surface area contributed by atoms with E-state index in [1.807, 2.05) is 35.7 Å². The van der Waals surface area contributed by atoms with Gasteiger partial charge in [-0.3, -0.25) is 0 Å². The van der Waals surface area contributed by atoms with Gasteiger partial charge in [0.2, 0.25) is 0 Å². The number of nitrogens with zero attached hydrogens (tertiary/aromatic N) is 2. The Kier molecular flexibility index (Phi) is 6.02. The summed E-state index contributed by atoms with van der Waals surface area (Å²) in [6.07, 6.45) is 0. The zero-order valence-corrected chi connectivity index (χ0v) is 15.4. The fraction of sp³-hybridized carbons (Fsp3) is 0.211. The molecule has 0 radical (unpaired) electrons. The molecule has 6 heteroatoms. The van der Waals surface area contributed by atoms with Gasteiger partial charge in [-0.05, 0) is 29.8 Å². The zero-order chi connectivity index (χ0) is 17.6. The summed E-state index contributed by atoms with van der Waals surface area (Å²) in [5.74, 6) is -0.231. The Morgan fingerprint density at radius 3 is 2.72 bits per heavy atom. The van der Waals surface area contributed by atoms with Crippen LogP contribution in [0.2, 0.25) is 5.02 Å². The standard InChI is InChI=1S/C19H18ClFN2OS/c1-24-10-9-23(12-14-3-2-4-17(21)11-14)19-22-18(13-25-19)15-5-7-16(20)8-6-15/h2-8,11,13H,9-10,12H2,1H3. The highest BCUT2D eigenvalue weighted by Crippen LogP contribution is 2.29. The van der Waals surface area contributed by atoms with Crippen LogP contribution in [0, 0.1) is 5.82 Å². The molecule has 1 aromatic heterocycles. The molecule has 3 aromatic rings. The van der Waals surface area contributed by atoms with Crippen LogP contribution in [0.4, 0.5) is 9.52 Å². The van der Waals surface area contributed by atoms with Gasteiger partial charge in [0.1, 0.15) is 5.82 Å². The molecule has 0 aliphatic heterocycles. The molecule has 0 aliphatic carbocycles. The van der Waals surface area contributed by atoms with Gasteiger partial charge in [0.25, 0.3) is 0 Å². The summed E-state index contributed by atoms with van der Waals surface area (Å²) in [6, 6.07) is 14.2. The van der Waals surface area contributed by atoms with Crippen molar-refractivity contribution in [3.8, 4) is 11.3 Å². The molecule has 3 rings (SSSR count). The van der Waals surface area contributed by atoms with E-state index in [0.717, 1.165) is 22.0 Å². The molecule has 3 nitrogen and oxygen atoms in total. The minimum Gasteiger partial charge on any atom is -0.383 e. The van der Waals surface area contributed by atoms with E-state index < -0.39 is 0 Å². The molecule has 0 bridgehead atoms. The van der Waals surface area contributed by atoms with Crippen molar-refractivity contribution in [2.45, 2.75) is 6.54 Å². The van der Waals surface area contributed by atoms with Crippen LogP contribution < -0.4 is 4.90 Å². The maximum Gasteiger partial charge on any atom is 0.186 e. The van der Waals surface area contributed by atoms with Crippen molar-refractivity contribution in [3.05, 3.63) is 70.3 Å². The van der Waals surface area contributed by atoms with E-state index in [1.54, 1.807) is 30.6 Å². The first kappa shape index (κ1) is 17.9. The predicted molar refractivity (Wildman–Crippen MR) is 102 cm³/mol. The van der Waals surface area contributed by atoms with Crippen LogP contribution in [0.3, 0.4) is 0 Å². The average molecular weight is 377 g/mol. The van der Waals surface area contributed by atoms with Crippen molar-refractivity contribution >= 4 is 28.1 Å². The number of hydrogen-bond acceptors (Lipinski definition) is 4. The second kappa shape index (κ2) is 8.43. The van der Waals surface area contributed by atoms with Crippen LogP contribution in [0.15, 0.2) is 53.9 Å². The van der Waals surface area contributed by atoms with E-state index in [1.165, 1.54) is 6.07 Å². The van der Waals surface area contributed by atoms with Crippen molar-refractivity contribution < 1.29 is 9.13 Å². The van der Waals surface area contributed by atoms with Gasteiger partial charge in [-0.15, -0.1) is 11.3 Å². The van der Waals surface area contributed by atoms with Crippen LogP contribution in [0.1, 0.15) is 5.56 Å². The first-order chi connectivity index (χ1) is 12.2. The summed E-state index contributed by atoms with van der Waals surface area (Å²) < 4.78 is 18.7. The molecule has 0 aliphatic rings. The highest BCUT2D eigenvalue weighted by Gasteiger charge is 2.13. The Hall–Kier alpha value is -1.95. The van der Waals surface area contributed by atoms with Gasteiger partial charge in [-0.1, -0.05) is 35.9 Å². The minimum absolute atomic E-state index is 0.231. The number of methoxy groups -OCH3 is 1. The third kappa shape index (κ3) is 4.78. The number of hydrogen-bond donors (Lipinski definition) is 0. The molecule has 1 heterocycles. The van der Waals surface area contributed by atoms with E-state index >= 15 is 0 Å². The molecular weight excluding hydrogens is 359 g/mol. The predicted octanol–water partition coefficient (Wildman–Crippen LogP) is 5.26. The SMILES string of the molecule is COCCN(Cc1cccc(F)c1)c1nc(-c2ccc(Cl)cc2)cs1. The van der Waals surface area contributed by atoms with Crippen LogP contribution >= 0.6 is 22.9 Å². The second-order valence-corrected chi connectivity index (χ2v) is 6.84. The molecule has 130 valence electrons. The minimum atomic E-state index is -0.231. The summed E-state index contributed by atoms with van der Waals surface area (Å²) in [4.78, 5) is 6.83. The Bertz CT molecular complexity index is 822. The van der Waals surface area contributed by atoms with E-state index in [-0.39, 0.29) is 5.82 Å². The lowest BCUT2D eigenvalue weighted by Gasteiger charge is -2.21. The number of halogens is 2. The quantitative estimate of drug-likeness (QED) is 0.562. The molecule has 0 fully saturated rings. The van der Waals surface area contributed by atoms with Gasteiger partial charge in [0, 0.05) is 36.2 Å². The third-order valence-electron chi connectivity index (χ3n) is 3.73. The lowest BCUT2D eigenvalue weighted by Crippen LogP contribution is -2.26. The summed E-state index contributed by atoms with van der Waals surface area (Å²) >= 11 is 7.51. The number of aromatic nitrogens is 1. The molecular formula is C19H18ClFN2OS. The Morgan fingerprint density at radius 2 is 2.00 bits per heavy atom. The van der Waals surface area contributed by atoms with E-state index in [9.17, 15) is 4.39 Å². The molecule has 25 heavy (non-hydrogen) atoms. The van der Waals surface area contributed by atoms with Crippen molar-refractivity contribution in [3.63, 3.8) is 0 Å². The third-order valence-corrected chi connectivity index (χ3v) is 4.88. The zero-order valence-electron chi connectivity index (χ0n) is 13.8.